The molecule has 1 amide bonds. The molecule has 0 spiro atoms. The first-order valence-electron chi connectivity index (χ1n) is 9.19. The van der Waals surface area contributed by atoms with Gasteiger partial charge in [-0.1, -0.05) is 12.1 Å². The molecule has 1 aliphatic heterocycles. The summed E-state index contributed by atoms with van der Waals surface area (Å²) in [5.74, 6) is -0.106. The van der Waals surface area contributed by atoms with Crippen LogP contribution in [0.5, 0.6) is 0 Å². The summed E-state index contributed by atoms with van der Waals surface area (Å²) in [5.41, 5.74) is 7.38. The molecular formula is C19H22FN5O2. The topological polar surface area (TPSA) is 93.4 Å². The lowest BCUT2D eigenvalue weighted by Gasteiger charge is -2.26. The largest absolute Gasteiger partial charge is 0.447 e. The molecule has 142 valence electrons. The van der Waals surface area contributed by atoms with Crippen LogP contribution >= 0.6 is 0 Å². The van der Waals surface area contributed by atoms with Crippen LogP contribution in [-0.4, -0.2) is 41.3 Å². The van der Waals surface area contributed by atoms with Crippen LogP contribution in [0.2, 0.25) is 0 Å². The Labute approximate surface area is 156 Å². The Morgan fingerprint density at radius 3 is 2.81 bits per heavy atom. The van der Waals surface area contributed by atoms with E-state index in [1.54, 1.807) is 24.3 Å². The van der Waals surface area contributed by atoms with Gasteiger partial charge < -0.3 is 15.8 Å². The Kier molecular flexibility index (Phi) is 4.89. The minimum atomic E-state index is -0.507. The van der Waals surface area contributed by atoms with Crippen molar-refractivity contribution >= 4 is 17.7 Å². The second-order valence-corrected chi connectivity index (χ2v) is 6.96. The number of ether oxygens (including phenoxy) is 1. The summed E-state index contributed by atoms with van der Waals surface area (Å²) in [6.45, 7) is 0.829. The van der Waals surface area contributed by atoms with E-state index in [0.717, 1.165) is 25.7 Å². The summed E-state index contributed by atoms with van der Waals surface area (Å²) in [7, 11) is 0. The van der Waals surface area contributed by atoms with Gasteiger partial charge >= 0.3 is 6.09 Å². The first-order chi connectivity index (χ1) is 13.1. The monoisotopic (exact) mass is 371 g/mol. The molecule has 2 aliphatic rings. The molecule has 0 unspecified atom stereocenters. The zero-order valence-electron chi connectivity index (χ0n) is 14.9. The van der Waals surface area contributed by atoms with Crippen LogP contribution in [0.15, 0.2) is 30.5 Å². The van der Waals surface area contributed by atoms with Gasteiger partial charge in [0.05, 0.1) is 12.7 Å². The maximum Gasteiger partial charge on any atom is 0.414 e. The van der Waals surface area contributed by atoms with Crippen LogP contribution in [-0.2, 0) is 4.74 Å². The molecular weight excluding hydrogens is 349 g/mol. The Morgan fingerprint density at radius 2 is 2.07 bits per heavy atom. The van der Waals surface area contributed by atoms with Crippen LogP contribution in [0.4, 0.5) is 20.8 Å². The van der Waals surface area contributed by atoms with E-state index in [-0.39, 0.29) is 17.8 Å². The fraction of sp³-hybridized carbons (Fsp3) is 0.421. The standard InChI is InChI=1S/C19H22FN5O2/c20-16-11-22-18(23-14-6-4-13(21)5-7-14)24-17(16)12-2-1-3-15(10-12)25-8-9-27-19(25)26/h1-3,10-11,13-14H,4-9,21H2,(H,22,23,24). The average Bonchev–Trinajstić information content (AvgIpc) is 3.11. The molecule has 1 saturated carbocycles. The lowest BCUT2D eigenvalue weighted by Crippen LogP contribution is -2.33. The van der Waals surface area contributed by atoms with E-state index < -0.39 is 11.9 Å². The first-order valence-corrected chi connectivity index (χ1v) is 9.19. The van der Waals surface area contributed by atoms with E-state index in [1.807, 2.05) is 0 Å². The molecule has 0 radical (unpaired) electrons. The number of carbonyl (C=O) groups excluding carboxylic acids is 1. The normalized spacial score (nSPS) is 22.6. The van der Waals surface area contributed by atoms with E-state index in [0.29, 0.717) is 30.4 Å². The van der Waals surface area contributed by atoms with Gasteiger partial charge in [0.15, 0.2) is 5.82 Å². The molecule has 4 rings (SSSR count). The molecule has 1 saturated heterocycles. The molecule has 2 heterocycles. The number of rotatable bonds is 4. The highest BCUT2D eigenvalue weighted by molar-refractivity contribution is 5.90. The number of hydrogen-bond acceptors (Lipinski definition) is 6. The van der Waals surface area contributed by atoms with Gasteiger partial charge in [-0.2, -0.15) is 0 Å². The second-order valence-electron chi connectivity index (χ2n) is 6.96. The van der Waals surface area contributed by atoms with E-state index in [9.17, 15) is 9.18 Å². The van der Waals surface area contributed by atoms with Gasteiger partial charge in [-0.25, -0.2) is 19.2 Å². The van der Waals surface area contributed by atoms with Crippen LogP contribution in [0, 0.1) is 5.82 Å². The molecule has 7 nitrogen and oxygen atoms in total. The quantitative estimate of drug-likeness (QED) is 0.858. The maximum atomic E-state index is 14.4. The molecule has 2 fully saturated rings. The molecule has 0 atom stereocenters. The number of nitrogens with two attached hydrogens (primary N) is 1. The van der Waals surface area contributed by atoms with Gasteiger partial charge in [-0.3, -0.25) is 4.90 Å². The van der Waals surface area contributed by atoms with Crippen molar-refractivity contribution in [3.63, 3.8) is 0 Å². The second kappa shape index (κ2) is 7.48. The fourth-order valence-electron chi connectivity index (χ4n) is 3.53. The van der Waals surface area contributed by atoms with Gasteiger partial charge in [-0.15, -0.1) is 0 Å². The number of nitrogens with one attached hydrogen (secondary N) is 1. The average molecular weight is 371 g/mol. The van der Waals surface area contributed by atoms with Crippen LogP contribution in [0.25, 0.3) is 11.3 Å². The van der Waals surface area contributed by atoms with Crippen LogP contribution in [0.3, 0.4) is 0 Å². The van der Waals surface area contributed by atoms with Crippen molar-refractivity contribution in [1.82, 2.24) is 9.97 Å². The van der Waals surface area contributed by atoms with Gasteiger partial charge in [0.1, 0.15) is 12.3 Å². The summed E-state index contributed by atoms with van der Waals surface area (Å²) >= 11 is 0. The SMILES string of the molecule is NC1CCC(Nc2ncc(F)c(-c3cccc(N4CCOC4=O)c3)n2)CC1. The van der Waals surface area contributed by atoms with Gasteiger partial charge in [0, 0.05) is 23.3 Å². The highest BCUT2D eigenvalue weighted by Crippen LogP contribution is 2.28. The number of amides is 1. The summed E-state index contributed by atoms with van der Waals surface area (Å²) in [4.78, 5) is 21.7. The molecule has 27 heavy (non-hydrogen) atoms. The van der Waals surface area contributed by atoms with Gasteiger partial charge in [0.2, 0.25) is 5.95 Å². The van der Waals surface area contributed by atoms with Crippen molar-refractivity contribution in [3.8, 4) is 11.3 Å². The number of nitrogens with zero attached hydrogens (tertiary/aromatic N) is 3. The minimum Gasteiger partial charge on any atom is -0.447 e. The van der Waals surface area contributed by atoms with Crippen molar-refractivity contribution < 1.29 is 13.9 Å². The third kappa shape index (κ3) is 3.85. The highest BCUT2D eigenvalue weighted by Gasteiger charge is 2.24. The van der Waals surface area contributed by atoms with Gasteiger partial charge in [0.25, 0.3) is 0 Å². The summed E-state index contributed by atoms with van der Waals surface area (Å²) in [6.07, 6.45) is 4.59. The van der Waals surface area contributed by atoms with Crippen molar-refractivity contribution in [1.29, 1.82) is 0 Å². The third-order valence-electron chi connectivity index (χ3n) is 5.04. The Hall–Kier alpha value is -2.74. The molecule has 1 aliphatic carbocycles. The number of carbonyl (C=O) groups is 1. The van der Waals surface area contributed by atoms with E-state index >= 15 is 0 Å². The lowest BCUT2D eigenvalue weighted by molar-refractivity contribution is 0.181. The van der Waals surface area contributed by atoms with Crippen LogP contribution < -0.4 is 16.0 Å². The number of anilines is 2. The molecule has 1 aromatic carbocycles. The fourth-order valence-corrected chi connectivity index (χ4v) is 3.53. The van der Waals surface area contributed by atoms with Crippen molar-refractivity contribution in [2.24, 2.45) is 5.73 Å². The van der Waals surface area contributed by atoms with Gasteiger partial charge in [-0.05, 0) is 37.8 Å². The number of benzene rings is 1. The zero-order chi connectivity index (χ0) is 18.8. The van der Waals surface area contributed by atoms with E-state index in [4.69, 9.17) is 10.5 Å². The highest BCUT2D eigenvalue weighted by atomic mass is 19.1. The van der Waals surface area contributed by atoms with Crippen molar-refractivity contribution in [2.75, 3.05) is 23.4 Å². The number of hydrogen-bond donors (Lipinski definition) is 2. The predicted molar refractivity (Wildman–Crippen MR) is 100.0 cm³/mol. The Balaban J connectivity index is 1.57. The Bertz CT molecular complexity index is 839. The number of aromatic nitrogens is 2. The maximum absolute atomic E-state index is 14.4. The van der Waals surface area contributed by atoms with Crippen molar-refractivity contribution in [2.45, 2.75) is 37.8 Å². The molecule has 3 N–H and O–H groups in total. The molecule has 2 aromatic rings. The first kappa shape index (κ1) is 17.7. The smallest absolute Gasteiger partial charge is 0.414 e. The van der Waals surface area contributed by atoms with E-state index in [1.165, 1.54) is 11.1 Å². The van der Waals surface area contributed by atoms with Crippen molar-refractivity contribution in [3.05, 3.63) is 36.3 Å². The third-order valence-corrected chi connectivity index (χ3v) is 5.04. The van der Waals surface area contributed by atoms with E-state index in [2.05, 4.69) is 15.3 Å². The zero-order valence-corrected chi connectivity index (χ0v) is 14.9. The number of cyclic esters (lactones) is 1. The Morgan fingerprint density at radius 1 is 1.26 bits per heavy atom. The lowest BCUT2D eigenvalue weighted by atomic mass is 9.92. The summed E-state index contributed by atoms with van der Waals surface area (Å²) < 4.78 is 19.4. The molecule has 0 bridgehead atoms. The summed E-state index contributed by atoms with van der Waals surface area (Å²) in [5, 5.41) is 3.29. The number of halogens is 1. The molecule has 1 aromatic heterocycles. The van der Waals surface area contributed by atoms with Crippen LogP contribution in [0.1, 0.15) is 25.7 Å². The predicted octanol–water partition coefficient (Wildman–Crippen LogP) is 2.92. The summed E-state index contributed by atoms with van der Waals surface area (Å²) in [6, 6.07) is 7.57. The molecule has 8 heteroatoms. The minimum absolute atomic E-state index is 0.203.